The summed E-state index contributed by atoms with van der Waals surface area (Å²) in [5, 5.41) is 10.9. The van der Waals surface area contributed by atoms with Crippen LogP contribution in [0, 0.1) is 0 Å². The topological polar surface area (TPSA) is 29.5 Å². The zero-order valence-corrected chi connectivity index (χ0v) is 12.8. The lowest BCUT2D eigenvalue weighted by atomic mass is 9.90. The van der Waals surface area contributed by atoms with Gasteiger partial charge in [-0.2, -0.15) is 0 Å². The van der Waals surface area contributed by atoms with E-state index in [9.17, 15) is 5.11 Å². The Morgan fingerprint density at radius 2 is 2.00 bits per heavy atom. The van der Waals surface area contributed by atoms with E-state index in [0.717, 1.165) is 17.7 Å². The second-order valence-corrected chi connectivity index (χ2v) is 6.16. The SMILES string of the molecule is CC(CC1C[C@@H](O)c2cc(Cl)ccc2O1)c1ccccc1. The van der Waals surface area contributed by atoms with Gasteiger partial charge in [-0.3, -0.25) is 0 Å². The minimum Gasteiger partial charge on any atom is -0.490 e. The van der Waals surface area contributed by atoms with Crippen molar-refractivity contribution in [3.8, 4) is 5.75 Å². The van der Waals surface area contributed by atoms with E-state index >= 15 is 0 Å². The Balaban J connectivity index is 1.73. The molecule has 3 atom stereocenters. The smallest absolute Gasteiger partial charge is 0.125 e. The molecule has 1 heterocycles. The van der Waals surface area contributed by atoms with Crippen molar-refractivity contribution < 1.29 is 9.84 Å². The molecule has 3 heteroatoms. The number of rotatable bonds is 3. The van der Waals surface area contributed by atoms with Crippen LogP contribution in [-0.2, 0) is 0 Å². The van der Waals surface area contributed by atoms with E-state index in [2.05, 4.69) is 31.2 Å². The zero-order valence-electron chi connectivity index (χ0n) is 12.0. The minimum absolute atomic E-state index is 0.0314. The molecule has 3 rings (SSSR count). The lowest BCUT2D eigenvalue weighted by Gasteiger charge is -2.31. The molecule has 2 aromatic rings. The van der Waals surface area contributed by atoms with Gasteiger partial charge < -0.3 is 9.84 Å². The first-order valence-electron chi connectivity index (χ1n) is 7.32. The van der Waals surface area contributed by atoms with Crippen LogP contribution in [0.15, 0.2) is 48.5 Å². The molecule has 110 valence electrons. The highest BCUT2D eigenvalue weighted by molar-refractivity contribution is 6.30. The van der Waals surface area contributed by atoms with E-state index in [1.807, 2.05) is 12.1 Å². The van der Waals surface area contributed by atoms with Gasteiger partial charge in [0.25, 0.3) is 0 Å². The van der Waals surface area contributed by atoms with Crippen LogP contribution < -0.4 is 4.74 Å². The van der Waals surface area contributed by atoms with E-state index in [1.54, 1.807) is 12.1 Å². The molecule has 0 aromatic heterocycles. The summed E-state index contributed by atoms with van der Waals surface area (Å²) in [6.45, 7) is 2.20. The van der Waals surface area contributed by atoms with Gasteiger partial charge in [-0.05, 0) is 36.1 Å². The molecule has 0 radical (unpaired) electrons. The fourth-order valence-corrected chi connectivity index (χ4v) is 3.13. The fraction of sp³-hybridized carbons (Fsp3) is 0.333. The van der Waals surface area contributed by atoms with Crippen molar-refractivity contribution in [3.05, 3.63) is 64.7 Å². The summed E-state index contributed by atoms with van der Waals surface area (Å²) in [6, 6.07) is 15.8. The van der Waals surface area contributed by atoms with Crippen LogP contribution in [-0.4, -0.2) is 11.2 Å². The molecule has 0 saturated heterocycles. The van der Waals surface area contributed by atoms with Crippen molar-refractivity contribution in [2.45, 2.75) is 37.9 Å². The van der Waals surface area contributed by atoms with Gasteiger partial charge in [0, 0.05) is 17.0 Å². The molecule has 0 amide bonds. The van der Waals surface area contributed by atoms with E-state index in [4.69, 9.17) is 16.3 Å². The number of aliphatic hydroxyl groups excluding tert-OH is 1. The Hall–Kier alpha value is -1.51. The number of fused-ring (bicyclic) bond motifs is 1. The molecule has 2 unspecified atom stereocenters. The van der Waals surface area contributed by atoms with Crippen LogP contribution in [0.2, 0.25) is 5.02 Å². The van der Waals surface area contributed by atoms with Crippen LogP contribution in [0.1, 0.15) is 42.9 Å². The van der Waals surface area contributed by atoms with Gasteiger partial charge in [0.05, 0.1) is 6.10 Å². The van der Waals surface area contributed by atoms with Crippen molar-refractivity contribution in [2.75, 3.05) is 0 Å². The number of hydrogen-bond donors (Lipinski definition) is 1. The molecule has 21 heavy (non-hydrogen) atoms. The summed E-state index contributed by atoms with van der Waals surface area (Å²) in [6.07, 6.45) is 1.04. The van der Waals surface area contributed by atoms with E-state index in [0.29, 0.717) is 17.4 Å². The number of benzene rings is 2. The first kappa shape index (κ1) is 14.4. The number of ether oxygens (including phenoxy) is 1. The minimum atomic E-state index is -0.500. The summed E-state index contributed by atoms with van der Waals surface area (Å²) in [4.78, 5) is 0. The molecule has 0 bridgehead atoms. The summed E-state index contributed by atoms with van der Waals surface area (Å²) in [7, 11) is 0. The summed E-state index contributed by atoms with van der Waals surface area (Å²) >= 11 is 5.98. The maximum Gasteiger partial charge on any atom is 0.125 e. The highest BCUT2D eigenvalue weighted by atomic mass is 35.5. The van der Waals surface area contributed by atoms with E-state index in [1.165, 1.54) is 5.56 Å². The number of hydrogen-bond acceptors (Lipinski definition) is 2. The molecule has 0 fully saturated rings. The molecule has 0 spiro atoms. The fourth-order valence-electron chi connectivity index (χ4n) is 2.95. The summed E-state index contributed by atoms with van der Waals surface area (Å²) in [5.41, 5.74) is 2.10. The molecule has 1 aliphatic rings. The van der Waals surface area contributed by atoms with Crippen LogP contribution in [0.5, 0.6) is 5.75 Å². The average Bonchev–Trinajstić information content (AvgIpc) is 2.49. The van der Waals surface area contributed by atoms with Crippen LogP contribution in [0.25, 0.3) is 0 Å². The molecular formula is C18H19ClO2. The highest BCUT2D eigenvalue weighted by Crippen LogP contribution is 2.38. The van der Waals surface area contributed by atoms with Gasteiger partial charge in [-0.25, -0.2) is 0 Å². The highest BCUT2D eigenvalue weighted by Gasteiger charge is 2.28. The van der Waals surface area contributed by atoms with Crippen molar-refractivity contribution in [1.82, 2.24) is 0 Å². The third-order valence-electron chi connectivity index (χ3n) is 4.10. The van der Waals surface area contributed by atoms with Crippen LogP contribution >= 0.6 is 11.6 Å². The van der Waals surface area contributed by atoms with Gasteiger partial charge in [0.15, 0.2) is 0 Å². The molecule has 0 saturated carbocycles. The Morgan fingerprint density at radius 1 is 1.24 bits per heavy atom. The Bertz CT molecular complexity index is 612. The van der Waals surface area contributed by atoms with E-state index < -0.39 is 6.10 Å². The number of halogens is 1. The first-order chi connectivity index (χ1) is 10.1. The Labute approximate surface area is 130 Å². The Kier molecular flexibility index (Phi) is 4.18. The monoisotopic (exact) mass is 302 g/mol. The predicted molar refractivity (Wildman–Crippen MR) is 84.9 cm³/mol. The van der Waals surface area contributed by atoms with Gasteiger partial charge in [0.2, 0.25) is 0 Å². The molecule has 2 aromatic carbocycles. The standard InChI is InChI=1S/C18H19ClO2/c1-12(13-5-3-2-4-6-13)9-15-11-17(20)16-10-14(19)7-8-18(16)21-15/h2-8,10,12,15,17,20H,9,11H2,1H3/t12?,15?,17-/m1/s1. The van der Waals surface area contributed by atoms with Crippen molar-refractivity contribution in [3.63, 3.8) is 0 Å². The third-order valence-corrected chi connectivity index (χ3v) is 4.33. The molecular weight excluding hydrogens is 284 g/mol. The van der Waals surface area contributed by atoms with Gasteiger partial charge in [-0.15, -0.1) is 0 Å². The molecule has 0 aliphatic carbocycles. The summed E-state index contributed by atoms with van der Waals surface area (Å²) < 4.78 is 6.03. The van der Waals surface area contributed by atoms with Crippen molar-refractivity contribution >= 4 is 11.6 Å². The van der Waals surface area contributed by atoms with Crippen LogP contribution in [0.4, 0.5) is 0 Å². The lowest BCUT2D eigenvalue weighted by Crippen LogP contribution is -2.27. The predicted octanol–water partition coefficient (Wildman–Crippen LogP) is 4.72. The van der Waals surface area contributed by atoms with Gasteiger partial charge >= 0.3 is 0 Å². The quantitative estimate of drug-likeness (QED) is 0.889. The lowest BCUT2D eigenvalue weighted by molar-refractivity contribution is 0.0589. The largest absolute Gasteiger partial charge is 0.490 e. The first-order valence-corrected chi connectivity index (χ1v) is 7.70. The summed E-state index contributed by atoms with van der Waals surface area (Å²) in [5.74, 6) is 1.15. The van der Waals surface area contributed by atoms with Gasteiger partial charge in [-0.1, -0.05) is 48.9 Å². The van der Waals surface area contributed by atoms with Gasteiger partial charge in [0.1, 0.15) is 11.9 Å². The third kappa shape index (κ3) is 3.22. The average molecular weight is 303 g/mol. The molecule has 1 N–H and O–H groups in total. The molecule has 1 aliphatic heterocycles. The Morgan fingerprint density at radius 3 is 2.76 bits per heavy atom. The maximum absolute atomic E-state index is 10.3. The second kappa shape index (κ2) is 6.08. The normalized spacial score (nSPS) is 22.2. The van der Waals surface area contributed by atoms with Crippen LogP contribution in [0.3, 0.4) is 0 Å². The second-order valence-electron chi connectivity index (χ2n) is 5.72. The number of aliphatic hydroxyl groups is 1. The zero-order chi connectivity index (χ0) is 14.8. The van der Waals surface area contributed by atoms with Crippen molar-refractivity contribution in [2.24, 2.45) is 0 Å². The molecule has 2 nitrogen and oxygen atoms in total. The maximum atomic E-state index is 10.3. The van der Waals surface area contributed by atoms with Crippen molar-refractivity contribution in [1.29, 1.82) is 0 Å². The van der Waals surface area contributed by atoms with E-state index in [-0.39, 0.29) is 6.10 Å².